The van der Waals surface area contributed by atoms with E-state index in [9.17, 15) is 0 Å². The van der Waals surface area contributed by atoms with E-state index < -0.39 is 0 Å². The highest BCUT2D eigenvalue weighted by atomic mass is 127. The lowest BCUT2D eigenvalue weighted by Crippen LogP contribution is -2.39. The van der Waals surface area contributed by atoms with Crippen molar-refractivity contribution in [2.75, 3.05) is 20.1 Å². The predicted molar refractivity (Wildman–Crippen MR) is 108 cm³/mol. The zero-order valence-electron chi connectivity index (χ0n) is 13.1. The summed E-state index contributed by atoms with van der Waals surface area (Å²) in [6, 6.07) is 4.28. The summed E-state index contributed by atoms with van der Waals surface area (Å²) in [7, 11) is 1.80. The van der Waals surface area contributed by atoms with Crippen molar-refractivity contribution in [3.05, 3.63) is 38.5 Å². The summed E-state index contributed by atoms with van der Waals surface area (Å²) < 4.78 is 0. The Labute approximate surface area is 157 Å². The maximum absolute atomic E-state index is 4.37. The first-order chi connectivity index (χ1) is 10.2. The van der Waals surface area contributed by atoms with Crippen LogP contribution in [0.5, 0.6) is 0 Å². The molecule has 2 heterocycles. The molecule has 0 saturated heterocycles. The van der Waals surface area contributed by atoms with E-state index in [4.69, 9.17) is 0 Å². The minimum Gasteiger partial charge on any atom is -0.356 e. The van der Waals surface area contributed by atoms with Crippen molar-refractivity contribution in [2.45, 2.75) is 26.2 Å². The van der Waals surface area contributed by atoms with E-state index in [2.05, 4.69) is 52.0 Å². The summed E-state index contributed by atoms with van der Waals surface area (Å²) in [6.07, 6.45) is 2.86. The molecule has 4 nitrogen and oxygen atoms in total. The molecule has 2 aromatic rings. The lowest BCUT2D eigenvalue weighted by atomic mass is 10.1. The molecular formula is C15H23IN4S2. The molecule has 0 spiro atoms. The second-order valence-electron chi connectivity index (χ2n) is 4.91. The summed E-state index contributed by atoms with van der Waals surface area (Å²) in [6.45, 7) is 6.04. The monoisotopic (exact) mass is 450 g/mol. The third kappa shape index (κ3) is 6.21. The van der Waals surface area contributed by atoms with Gasteiger partial charge in [-0.3, -0.25) is 4.99 Å². The van der Waals surface area contributed by atoms with Gasteiger partial charge in [-0.25, -0.2) is 4.98 Å². The fourth-order valence-electron chi connectivity index (χ4n) is 1.95. The smallest absolute Gasteiger partial charge is 0.191 e. The van der Waals surface area contributed by atoms with Gasteiger partial charge in [0.05, 0.1) is 5.01 Å². The summed E-state index contributed by atoms with van der Waals surface area (Å²) >= 11 is 3.55. The van der Waals surface area contributed by atoms with Crippen LogP contribution in [0.15, 0.2) is 28.7 Å². The van der Waals surface area contributed by atoms with E-state index in [1.807, 2.05) is 6.20 Å². The average Bonchev–Trinajstić information content (AvgIpc) is 3.14. The van der Waals surface area contributed by atoms with Gasteiger partial charge in [-0.2, -0.15) is 0 Å². The Bertz CT molecular complexity index is 566. The number of thiazole rings is 1. The Morgan fingerprint density at radius 2 is 2.23 bits per heavy atom. The molecule has 1 atom stereocenters. The largest absolute Gasteiger partial charge is 0.356 e. The zero-order valence-corrected chi connectivity index (χ0v) is 17.1. The molecule has 2 N–H and O–H groups in total. The van der Waals surface area contributed by atoms with Crippen molar-refractivity contribution in [2.24, 2.45) is 4.99 Å². The number of aliphatic imine (C=N–C) groups is 1. The molecule has 0 aliphatic carbocycles. The lowest BCUT2D eigenvalue weighted by molar-refractivity contribution is 0.706. The highest BCUT2D eigenvalue weighted by Gasteiger charge is 2.07. The Kier molecular flexibility index (Phi) is 8.96. The molecule has 0 aliphatic rings. The highest BCUT2D eigenvalue weighted by molar-refractivity contribution is 14.0. The zero-order chi connectivity index (χ0) is 15.1. The topological polar surface area (TPSA) is 49.3 Å². The summed E-state index contributed by atoms with van der Waals surface area (Å²) in [5, 5.41) is 10.0. The molecule has 0 aliphatic heterocycles. The van der Waals surface area contributed by atoms with Crippen molar-refractivity contribution in [1.82, 2.24) is 15.6 Å². The second kappa shape index (κ2) is 10.2. The van der Waals surface area contributed by atoms with Gasteiger partial charge < -0.3 is 10.6 Å². The quantitative estimate of drug-likeness (QED) is 0.402. The molecule has 1 unspecified atom stereocenters. The van der Waals surface area contributed by atoms with Crippen molar-refractivity contribution < 1.29 is 0 Å². The number of aryl methyl sites for hydroxylation is 1. The number of nitrogens with zero attached hydrogens (tertiary/aromatic N) is 2. The molecule has 0 bridgehead atoms. The van der Waals surface area contributed by atoms with Crippen molar-refractivity contribution in [3.63, 3.8) is 0 Å². The molecule has 0 saturated carbocycles. The molecule has 0 radical (unpaired) electrons. The third-order valence-electron chi connectivity index (χ3n) is 3.13. The summed E-state index contributed by atoms with van der Waals surface area (Å²) in [5.41, 5.74) is 0. The van der Waals surface area contributed by atoms with Gasteiger partial charge >= 0.3 is 0 Å². The molecule has 0 amide bonds. The fraction of sp³-hybridized carbons (Fsp3) is 0.467. The normalized spacial score (nSPS) is 12.6. The van der Waals surface area contributed by atoms with Crippen LogP contribution in [0.25, 0.3) is 0 Å². The van der Waals surface area contributed by atoms with Gasteiger partial charge in [0.2, 0.25) is 0 Å². The lowest BCUT2D eigenvalue weighted by Gasteiger charge is -2.14. The maximum atomic E-state index is 4.37. The van der Waals surface area contributed by atoms with Crippen molar-refractivity contribution in [1.29, 1.82) is 0 Å². The van der Waals surface area contributed by atoms with E-state index in [1.165, 1.54) is 14.8 Å². The summed E-state index contributed by atoms with van der Waals surface area (Å²) in [5.74, 6) is 1.34. The van der Waals surface area contributed by atoms with Crippen LogP contribution in [0.2, 0.25) is 0 Å². The van der Waals surface area contributed by atoms with Crippen LogP contribution in [-0.4, -0.2) is 31.1 Å². The minimum atomic E-state index is 0. The highest BCUT2D eigenvalue weighted by Crippen LogP contribution is 2.19. The van der Waals surface area contributed by atoms with Crippen LogP contribution < -0.4 is 10.6 Å². The maximum Gasteiger partial charge on any atom is 0.191 e. The first kappa shape index (κ1) is 19.4. The third-order valence-corrected chi connectivity index (χ3v) is 5.21. The predicted octanol–water partition coefficient (Wildman–Crippen LogP) is 3.64. The van der Waals surface area contributed by atoms with Crippen LogP contribution in [0.4, 0.5) is 0 Å². The standard InChI is InChI=1S/C15H22N4S2.HI/c1-11(13-5-4-8-20-13)9-19-15(16-3)17-7-6-14-18-10-12(2)21-14;/h4-5,8,10-11H,6-7,9H2,1-3H3,(H2,16,17,19);1H. The number of hydrogen-bond donors (Lipinski definition) is 2. The van der Waals surface area contributed by atoms with Gasteiger partial charge in [-0.15, -0.1) is 46.7 Å². The molecule has 0 aromatic carbocycles. The van der Waals surface area contributed by atoms with Crippen LogP contribution in [0, 0.1) is 6.92 Å². The molecular weight excluding hydrogens is 427 g/mol. The molecule has 7 heteroatoms. The Morgan fingerprint density at radius 3 is 2.82 bits per heavy atom. The fourth-order valence-corrected chi connectivity index (χ4v) is 3.52. The first-order valence-electron chi connectivity index (χ1n) is 7.08. The van der Waals surface area contributed by atoms with Gasteiger partial charge in [0.1, 0.15) is 0 Å². The second-order valence-corrected chi connectivity index (χ2v) is 7.21. The molecule has 22 heavy (non-hydrogen) atoms. The number of nitrogens with one attached hydrogen (secondary N) is 2. The van der Waals surface area contributed by atoms with E-state index in [0.717, 1.165) is 25.5 Å². The van der Waals surface area contributed by atoms with Gasteiger partial charge in [0.15, 0.2) is 5.96 Å². The Hall–Kier alpha value is -0.670. The van der Waals surface area contributed by atoms with Gasteiger partial charge in [-0.05, 0) is 18.4 Å². The van der Waals surface area contributed by atoms with Crippen molar-refractivity contribution in [3.8, 4) is 0 Å². The molecule has 0 fully saturated rings. The van der Waals surface area contributed by atoms with Crippen LogP contribution in [0.3, 0.4) is 0 Å². The number of hydrogen-bond acceptors (Lipinski definition) is 4. The number of thiophene rings is 1. The van der Waals surface area contributed by atoms with E-state index in [-0.39, 0.29) is 24.0 Å². The van der Waals surface area contributed by atoms with Gasteiger partial charge in [0, 0.05) is 48.4 Å². The molecule has 122 valence electrons. The van der Waals surface area contributed by atoms with Crippen LogP contribution >= 0.6 is 46.7 Å². The minimum absolute atomic E-state index is 0. The van der Waals surface area contributed by atoms with Crippen LogP contribution in [-0.2, 0) is 6.42 Å². The Balaban J connectivity index is 0.00000242. The number of halogens is 1. The molecule has 2 aromatic heterocycles. The van der Waals surface area contributed by atoms with E-state index in [0.29, 0.717) is 5.92 Å². The first-order valence-corrected chi connectivity index (χ1v) is 8.78. The summed E-state index contributed by atoms with van der Waals surface area (Å²) in [4.78, 5) is 11.3. The number of rotatable bonds is 6. The van der Waals surface area contributed by atoms with Gasteiger partial charge in [-0.1, -0.05) is 13.0 Å². The van der Waals surface area contributed by atoms with Crippen LogP contribution in [0.1, 0.15) is 27.6 Å². The van der Waals surface area contributed by atoms with E-state index >= 15 is 0 Å². The number of aromatic nitrogens is 1. The number of guanidine groups is 1. The SMILES string of the molecule is CN=C(NCCc1ncc(C)s1)NCC(C)c1cccs1.I. The average molecular weight is 450 g/mol. The molecule has 2 rings (SSSR count). The van der Waals surface area contributed by atoms with E-state index in [1.54, 1.807) is 29.7 Å². The van der Waals surface area contributed by atoms with Crippen molar-refractivity contribution >= 4 is 52.6 Å². The Morgan fingerprint density at radius 1 is 1.41 bits per heavy atom. The van der Waals surface area contributed by atoms with Gasteiger partial charge in [0.25, 0.3) is 0 Å².